The maximum Gasteiger partial charge on any atom is 0.246 e. The second kappa shape index (κ2) is 13.3. The molecule has 0 unspecified atom stereocenters. The molecule has 1 aromatic carbocycles. The predicted octanol–water partition coefficient (Wildman–Crippen LogP) is 4.98. The molecule has 8 nitrogen and oxygen atoms in total. The minimum absolute atomic E-state index is 0.0801. The second-order valence-corrected chi connectivity index (χ2v) is 13.4. The Bertz CT molecular complexity index is 1220. The van der Waals surface area contributed by atoms with Crippen molar-refractivity contribution in [2.75, 3.05) is 33.7 Å². The fourth-order valence-electron chi connectivity index (χ4n) is 7.50. The molecule has 42 heavy (non-hydrogen) atoms. The molecule has 1 aromatic heterocycles. The minimum Gasteiger partial charge on any atom is -0.342 e. The molecule has 230 valence electrons. The Balaban J connectivity index is 1.26. The number of aromatic nitrogens is 2. The van der Waals surface area contributed by atoms with Gasteiger partial charge in [0.25, 0.3) is 0 Å². The smallest absolute Gasteiger partial charge is 0.246 e. The number of carbonyl (C=O) groups excluding carboxylic acids is 2. The Morgan fingerprint density at radius 3 is 2.36 bits per heavy atom. The van der Waals surface area contributed by atoms with Gasteiger partial charge in [-0.05, 0) is 77.2 Å². The lowest BCUT2D eigenvalue weighted by Gasteiger charge is -2.52. The van der Waals surface area contributed by atoms with Crippen LogP contribution >= 0.6 is 0 Å². The third-order valence-electron chi connectivity index (χ3n) is 10.0. The molecule has 8 heteroatoms. The average Bonchev–Trinajstić information content (AvgIpc) is 3.26. The van der Waals surface area contributed by atoms with Crippen LogP contribution in [-0.4, -0.2) is 81.6 Å². The van der Waals surface area contributed by atoms with Crippen molar-refractivity contribution in [3.63, 3.8) is 0 Å². The van der Waals surface area contributed by atoms with E-state index in [2.05, 4.69) is 78.9 Å². The van der Waals surface area contributed by atoms with Crippen LogP contribution in [0, 0.1) is 19.8 Å². The lowest BCUT2D eigenvalue weighted by Crippen LogP contribution is -2.73. The first-order chi connectivity index (χ1) is 20.2. The molecule has 1 aliphatic carbocycles. The van der Waals surface area contributed by atoms with Crippen LogP contribution in [-0.2, 0) is 22.7 Å². The molecule has 0 bridgehead atoms. The number of piperazine rings is 1. The number of nitrogens with one attached hydrogen (secondary N) is 1. The maximum absolute atomic E-state index is 13.9. The Morgan fingerprint density at radius 1 is 1.02 bits per heavy atom. The van der Waals surface area contributed by atoms with E-state index in [1.54, 1.807) is 0 Å². The van der Waals surface area contributed by atoms with Crippen LogP contribution in [0.15, 0.2) is 24.3 Å². The van der Waals surface area contributed by atoms with E-state index < -0.39 is 5.54 Å². The number of unbranched alkanes of at least 4 members (excludes halogenated alkanes) is 1. The van der Waals surface area contributed by atoms with Crippen LogP contribution in [0.3, 0.4) is 0 Å². The molecule has 3 fully saturated rings. The fraction of sp³-hybridized carbons (Fsp3) is 0.676. The number of hydrogen-bond acceptors (Lipinski definition) is 5. The normalized spacial score (nSPS) is 21.9. The highest BCUT2D eigenvalue weighted by atomic mass is 16.2. The lowest BCUT2D eigenvalue weighted by atomic mass is 9.79. The summed E-state index contributed by atoms with van der Waals surface area (Å²) in [4.78, 5) is 34.3. The van der Waals surface area contributed by atoms with Gasteiger partial charge in [0, 0.05) is 44.0 Å². The van der Waals surface area contributed by atoms with Crippen LogP contribution < -0.4 is 5.32 Å². The summed E-state index contributed by atoms with van der Waals surface area (Å²) in [6.45, 7) is 10.4. The summed E-state index contributed by atoms with van der Waals surface area (Å²) in [6, 6.07) is 8.30. The molecule has 1 atom stereocenters. The first-order valence-corrected chi connectivity index (χ1v) is 16.4. The van der Waals surface area contributed by atoms with Gasteiger partial charge < -0.3 is 15.1 Å². The Labute approximate surface area is 252 Å². The van der Waals surface area contributed by atoms with Crippen molar-refractivity contribution in [2.45, 2.75) is 110 Å². The number of carbonyl (C=O) groups is 2. The number of aryl methyl sites for hydroxylation is 1. The third kappa shape index (κ3) is 6.45. The molecule has 3 heterocycles. The van der Waals surface area contributed by atoms with Crippen molar-refractivity contribution >= 4 is 11.8 Å². The number of rotatable bonds is 10. The molecular formula is C34H52N6O2. The van der Waals surface area contributed by atoms with Crippen molar-refractivity contribution in [3.05, 3.63) is 46.8 Å². The highest BCUT2D eigenvalue weighted by molar-refractivity contribution is 6.00. The van der Waals surface area contributed by atoms with E-state index in [9.17, 15) is 9.59 Å². The summed E-state index contributed by atoms with van der Waals surface area (Å²) in [5.41, 5.74) is 5.11. The van der Waals surface area contributed by atoms with E-state index >= 15 is 0 Å². The standard InChI is InChI=1S/C34H52N6O2/c1-6-7-19-39-32(41)31(22-27-11-9-8-10-12-27)35-33(42)34(39)17-20-38(21-18-34)24-30-25(2)36-40(26(30)3)29-15-13-28(14-16-29)23-37(4)5/h13-16,27,31H,6-12,17-24H2,1-5H3,(H,35,42)/t31-/m0/s1. The van der Waals surface area contributed by atoms with Crippen molar-refractivity contribution in [1.29, 1.82) is 0 Å². The van der Waals surface area contributed by atoms with Gasteiger partial charge >= 0.3 is 0 Å². The third-order valence-corrected chi connectivity index (χ3v) is 10.0. The van der Waals surface area contributed by atoms with Gasteiger partial charge in [0.15, 0.2) is 0 Å². The Morgan fingerprint density at radius 2 is 1.71 bits per heavy atom. The number of benzene rings is 1. The molecule has 1 saturated carbocycles. The van der Waals surface area contributed by atoms with E-state index in [1.807, 2.05) is 4.90 Å². The monoisotopic (exact) mass is 576 g/mol. The Kier molecular flexibility index (Phi) is 9.73. The minimum atomic E-state index is -0.714. The number of nitrogens with zero attached hydrogens (tertiary/aromatic N) is 5. The van der Waals surface area contributed by atoms with Crippen molar-refractivity contribution in [3.8, 4) is 5.69 Å². The summed E-state index contributed by atoms with van der Waals surface area (Å²) in [7, 11) is 4.17. The first-order valence-electron chi connectivity index (χ1n) is 16.4. The lowest BCUT2D eigenvalue weighted by molar-refractivity contribution is -0.162. The predicted molar refractivity (Wildman–Crippen MR) is 167 cm³/mol. The largest absolute Gasteiger partial charge is 0.342 e. The van der Waals surface area contributed by atoms with Crippen LogP contribution in [0.25, 0.3) is 5.69 Å². The molecule has 2 aromatic rings. The van der Waals surface area contributed by atoms with Gasteiger partial charge in [-0.2, -0.15) is 5.10 Å². The van der Waals surface area contributed by atoms with E-state index in [1.165, 1.54) is 43.2 Å². The number of amides is 2. The zero-order chi connectivity index (χ0) is 29.9. The molecule has 1 spiro atoms. The molecule has 1 N–H and O–H groups in total. The van der Waals surface area contributed by atoms with Crippen molar-refractivity contribution in [2.24, 2.45) is 5.92 Å². The fourth-order valence-corrected chi connectivity index (χ4v) is 7.50. The average molecular weight is 577 g/mol. The van der Waals surface area contributed by atoms with Crippen LogP contribution in [0.2, 0.25) is 0 Å². The molecule has 2 aliphatic heterocycles. The zero-order valence-corrected chi connectivity index (χ0v) is 26.6. The Hall–Kier alpha value is -2.71. The molecule has 2 saturated heterocycles. The SMILES string of the molecule is CCCCN1C(=O)[C@H](CC2CCCCC2)NC(=O)C12CCN(Cc1c(C)nn(-c3ccc(CN(C)C)cc3)c1C)CC2. The van der Waals surface area contributed by atoms with Gasteiger partial charge in [0.1, 0.15) is 11.6 Å². The second-order valence-electron chi connectivity index (χ2n) is 13.4. The summed E-state index contributed by atoms with van der Waals surface area (Å²) >= 11 is 0. The summed E-state index contributed by atoms with van der Waals surface area (Å²) in [5.74, 6) is 0.795. The van der Waals surface area contributed by atoms with Gasteiger partial charge in [0.2, 0.25) is 11.8 Å². The number of piperidine rings is 1. The molecule has 2 amide bonds. The van der Waals surface area contributed by atoms with Crippen molar-refractivity contribution < 1.29 is 9.59 Å². The van der Waals surface area contributed by atoms with Crippen molar-refractivity contribution in [1.82, 2.24) is 29.8 Å². The summed E-state index contributed by atoms with van der Waals surface area (Å²) < 4.78 is 2.06. The van der Waals surface area contributed by atoms with Gasteiger partial charge in [-0.25, -0.2) is 4.68 Å². The highest BCUT2D eigenvalue weighted by Crippen LogP contribution is 2.36. The van der Waals surface area contributed by atoms with Crippen LogP contribution in [0.1, 0.15) is 93.6 Å². The molecular weight excluding hydrogens is 524 g/mol. The van der Waals surface area contributed by atoms with Gasteiger partial charge in [-0.3, -0.25) is 14.5 Å². The molecule has 3 aliphatic rings. The topological polar surface area (TPSA) is 73.7 Å². The van der Waals surface area contributed by atoms with E-state index in [4.69, 9.17) is 5.10 Å². The zero-order valence-electron chi connectivity index (χ0n) is 26.6. The van der Waals surface area contributed by atoms with Gasteiger partial charge in [-0.1, -0.05) is 57.6 Å². The van der Waals surface area contributed by atoms with Gasteiger partial charge in [0.05, 0.1) is 11.4 Å². The van der Waals surface area contributed by atoms with E-state index in [0.717, 1.165) is 62.5 Å². The molecule has 5 rings (SSSR count). The highest BCUT2D eigenvalue weighted by Gasteiger charge is 2.53. The first kappa shape index (κ1) is 30.7. The number of hydrogen-bond donors (Lipinski definition) is 1. The van der Waals surface area contributed by atoms with Gasteiger partial charge in [-0.15, -0.1) is 0 Å². The van der Waals surface area contributed by atoms with E-state index in [0.29, 0.717) is 25.3 Å². The van der Waals surface area contributed by atoms with Crippen LogP contribution in [0.5, 0.6) is 0 Å². The quantitative estimate of drug-likeness (QED) is 0.432. The van der Waals surface area contributed by atoms with E-state index in [-0.39, 0.29) is 17.9 Å². The number of likely N-dealkylation sites (tertiary alicyclic amines) is 1. The maximum atomic E-state index is 13.9. The summed E-state index contributed by atoms with van der Waals surface area (Å²) in [5, 5.41) is 8.14. The summed E-state index contributed by atoms with van der Waals surface area (Å²) in [6.07, 6.45) is 10.3. The molecule has 0 radical (unpaired) electrons. The van der Waals surface area contributed by atoms with Crippen LogP contribution in [0.4, 0.5) is 0 Å².